The van der Waals surface area contributed by atoms with Crippen molar-refractivity contribution in [1.29, 1.82) is 0 Å². The molecule has 0 amide bonds. The molecule has 0 unspecified atom stereocenters. The van der Waals surface area contributed by atoms with Crippen molar-refractivity contribution in [2.45, 2.75) is 71.6 Å². The van der Waals surface area contributed by atoms with Gasteiger partial charge in [-0.15, -0.1) is 11.3 Å². The van der Waals surface area contributed by atoms with Crippen LogP contribution in [-0.2, 0) is 6.42 Å². The monoisotopic (exact) mass is 468 g/mol. The molecular formula is C32H36OS. The van der Waals surface area contributed by atoms with Crippen LogP contribution in [0.1, 0.15) is 70.8 Å². The fraction of sp³-hybridized carbons (Fsp3) is 0.375. The maximum atomic E-state index is 6.04. The maximum Gasteiger partial charge on any atom is 0.119 e. The Morgan fingerprint density at radius 3 is 1.94 bits per heavy atom. The first-order valence-electron chi connectivity index (χ1n) is 13.2. The Morgan fingerprint density at radius 1 is 0.588 bits per heavy atom. The molecule has 0 atom stereocenters. The molecule has 5 rings (SSSR count). The van der Waals surface area contributed by atoms with Gasteiger partial charge in [0.05, 0.1) is 6.61 Å². The highest BCUT2D eigenvalue weighted by atomic mass is 32.1. The molecule has 0 bridgehead atoms. The van der Waals surface area contributed by atoms with Gasteiger partial charge in [-0.3, -0.25) is 0 Å². The second-order valence-electron chi connectivity index (χ2n) is 9.71. The third-order valence-corrected chi connectivity index (χ3v) is 8.12. The van der Waals surface area contributed by atoms with Gasteiger partial charge in [0.25, 0.3) is 0 Å². The highest BCUT2D eigenvalue weighted by Gasteiger charge is 2.10. The van der Waals surface area contributed by atoms with Crippen LogP contribution in [0.4, 0.5) is 0 Å². The molecule has 0 fully saturated rings. The van der Waals surface area contributed by atoms with Crippen LogP contribution in [0, 0.1) is 0 Å². The fourth-order valence-corrected chi connectivity index (χ4v) is 6.18. The number of rotatable bonds is 11. The number of benzene rings is 4. The Bertz CT molecular complexity index is 1410. The lowest BCUT2D eigenvalue weighted by atomic mass is 10.00. The number of hydrogen-bond acceptors (Lipinski definition) is 2. The minimum atomic E-state index is 0.809. The van der Waals surface area contributed by atoms with E-state index in [2.05, 4.69) is 74.5 Å². The van der Waals surface area contributed by atoms with Crippen LogP contribution in [-0.4, -0.2) is 6.61 Å². The molecule has 1 heterocycles. The van der Waals surface area contributed by atoms with E-state index in [0.717, 1.165) is 18.8 Å². The van der Waals surface area contributed by atoms with Gasteiger partial charge in [0.15, 0.2) is 0 Å². The molecule has 0 N–H and O–H groups in total. The van der Waals surface area contributed by atoms with Crippen LogP contribution >= 0.6 is 11.3 Å². The number of ether oxygens (including phenoxy) is 1. The van der Waals surface area contributed by atoms with E-state index < -0.39 is 0 Å². The smallest absolute Gasteiger partial charge is 0.119 e. The molecule has 1 nitrogen and oxygen atoms in total. The number of unbranched alkanes of at least 4 members (excludes halogenated alkanes) is 6. The minimum absolute atomic E-state index is 0.809. The molecule has 0 aliphatic rings. The van der Waals surface area contributed by atoms with Crippen LogP contribution in [0.25, 0.3) is 41.7 Å². The maximum absolute atomic E-state index is 6.04. The number of aryl methyl sites for hydroxylation is 1. The summed E-state index contributed by atoms with van der Waals surface area (Å²) in [4.78, 5) is 0. The lowest BCUT2D eigenvalue weighted by Crippen LogP contribution is -1.96. The highest BCUT2D eigenvalue weighted by Crippen LogP contribution is 2.39. The number of thiophene rings is 1. The Hall–Kier alpha value is -2.58. The van der Waals surface area contributed by atoms with Crippen LogP contribution in [0.15, 0.2) is 60.7 Å². The van der Waals surface area contributed by atoms with Crippen molar-refractivity contribution in [3.05, 3.63) is 66.2 Å². The summed E-state index contributed by atoms with van der Waals surface area (Å²) in [5, 5.41) is 8.01. The van der Waals surface area contributed by atoms with Gasteiger partial charge in [-0.1, -0.05) is 76.6 Å². The van der Waals surface area contributed by atoms with Crippen LogP contribution in [0.3, 0.4) is 0 Å². The first kappa shape index (κ1) is 23.2. The third kappa shape index (κ3) is 5.08. The van der Waals surface area contributed by atoms with Gasteiger partial charge < -0.3 is 4.74 Å². The van der Waals surface area contributed by atoms with E-state index >= 15 is 0 Å². The van der Waals surface area contributed by atoms with Crippen molar-refractivity contribution in [3.63, 3.8) is 0 Å². The second kappa shape index (κ2) is 10.8. The second-order valence-corrected chi connectivity index (χ2v) is 10.8. The molecule has 2 heteroatoms. The summed E-state index contributed by atoms with van der Waals surface area (Å²) >= 11 is 1.91. The molecule has 0 spiro atoms. The topological polar surface area (TPSA) is 9.23 Å². The minimum Gasteiger partial charge on any atom is -0.494 e. The molecule has 0 saturated heterocycles. The average Bonchev–Trinajstić information content (AvgIpc) is 3.19. The van der Waals surface area contributed by atoms with Gasteiger partial charge >= 0.3 is 0 Å². The van der Waals surface area contributed by atoms with Crippen LogP contribution in [0.5, 0.6) is 5.75 Å². The lowest BCUT2D eigenvalue weighted by Gasteiger charge is -2.07. The fourth-order valence-electron chi connectivity index (χ4n) is 5.01. The van der Waals surface area contributed by atoms with Crippen molar-refractivity contribution in [2.75, 3.05) is 6.61 Å². The highest BCUT2D eigenvalue weighted by molar-refractivity contribution is 7.26. The molecule has 0 radical (unpaired) electrons. The SMILES string of the molecule is CCCCCCOc1ccc2cc3c(cc2c1)sc1cc2cc(CCCCCC)ccc2cc13. The molecule has 34 heavy (non-hydrogen) atoms. The first-order valence-corrected chi connectivity index (χ1v) is 14.0. The van der Waals surface area contributed by atoms with Gasteiger partial charge in [-0.25, -0.2) is 0 Å². The van der Waals surface area contributed by atoms with Gasteiger partial charge in [0.1, 0.15) is 5.75 Å². The van der Waals surface area contributed by atoms with Crippen LogP contribution < -0.4 is 4.74 Å². The predicted octanol–water partition coefficient (Wildman–Crippen LogP) is 10.4. The van der Waals surface area contributed by atoms with E-state index in [0.29, 0.717) is 0 Å². The molecule has 1 aromatic heterocycles. The van der Waals surface area contributed by atoms with E-state index in [1.165, 1.54) is 98.6 Å². The average molecular weight is 469 g/mol. The molecular weight excluding hydrogens is 432 g/mol. The molecule has 4 aromatic carbocycles. The normalized spacial score (nSPS) is 11.8. The van der Waals surface area contributed by atoms with E-state index in [9.17, 15) is 0 Å². The standard InChI is InChI=1S/C32H36OS/c1-3-5-7-9-11-23-12-13-24-19-29-30-20-25-14-15-28(33-16-10-8-6-4-2)18-27(25)22-32(30)34-31(29)21-26(24)17-23/h12-15,17-22H,3-11,16H2,1-2H3. The predicted molar refractivity (Wildman–Crippen MR) is 152 cm³/mol. The Labute approximate surface area is 207 Å². The molecule has 5 aromatic rings. The van der Waals surface area contributed by atoms with Crippen molar-refractivity contribution in [2.24, 2.45) is 0 Å². The van der Waals surface area contributed by atoms with Crippen molar-refractivity contribution in [3.8, 4) is 5.75 Å². The summed E-state index contributed by atoms with van der Waals surface area (Å²) in [6, 6.07) is 23.1. The summed E-state index contributed by atoms with van der Waals surface area (Å²) in [6.07, 6.45) is 11.4. The molecule has 176 valence electrons. The Morgan fingerprint density at radius 2 is 1.24 bits per heavy atom. The van der Waals surface area contributed by atoms with E-state index in [-0.39, 0.29) is 0 Å². The summed E-state index contributed by atoms with van der Waals surface area (Å²) < 4.78 is 8.78. The van der Waals surface area contributed by atoms with Crippen molar-refractivity contribution < 1.29 is 4.74 Å². The van der Waals surface area contributed by atoms with Gasteiger partial charge in [-0.2, -0.15) is 0 Å². The third-order valence-electron chi connectivity index (χ3n) is 7.01. The van der Waals surface area contributed by atoms with Crippen molar-refractivity contribution in [1.82, 2.24) is 0 Å². The zero-order valence-corrected chi connectivity index (χ0v) is 21.5. The summed E-state index contributed by atoms with van der Waals surface area (Å²) in [5.74, 6) is 0.988. The lowest BCUT2D eigenvalue weighted by molar-refractivity contribution is 0.305. The van der Waals surface area contributed by atoms with E-state index in [1.54, 1.807) is 0 Å². The summed E-state index contributed by atoms with van der Waals surface area (Å²) in [7, 11) is 0. The molecule has 0 saturated carbocycles. The van der Waals surface area contributed by atoms with Crippen molar-refractivity contribution >= 4 is 53.1 Å². The zero-order chi connectivity index (χ0) is 23.3. The quantitative estimate of drug-likeness (QED) is 0.175. The largest absolute Gasteiger partial charge is 0.494 e. The van der Waals surface area contributed by atoms with Gasteiger partial charge in [0, 0.05) is 20.2 Å². The Balaban J connectivity index is 1.43. The Kier molecular flexibility index (Phi) is 7.35. The van der Waals surface area contributed by atoms with Crippen LogP contribution in [0.2, 0.25) is 0 Å². The zero-order valence-electron chi connectivity index (χ0n) is 20.7. The summed E-state index contributed by atoms with van der Waals surface area (Å²) in [5.41, 5.74) is 1.47. The van der Waals surface area contributed by atoms with Gasteiger partial charge in [0.2, 0.25) is 0 Å². The van der Waals surface area contributed by atoms with E-state index in [1.807, 2.05) is 11.3 Å². The van der Waals surface area contributed by atoms with Gasteiger partial charge in [-0.05, 0) is 82.8 Å². The van der Waals surface area contributed by atoms with E-state index in [4.69, 9.17) is 4.74 Å². The number of hydrogen-bond donors (Lipinski definition) is 0. The molecule has 0 aliphatic carbocycles. The first-order chi connectivity index (χ1) is 16.7. The molecule has 0 aliphatic heterocycles. The summed E-state index contributed by atoms with van der Waals surface area (Å²) in [6.45, 7) is 5.33. The number of fused-ring (bicyclic) bond motifs is 5.